The number of halogens is 2. The van der Waals surface area contributed by atoms with Crippen LogP contribution >= 0.6 is 0 Å². The third kappa shape index (κ3) is 5.43. The van der Waals surface area contributed by atoms with Crippen molar-refractivity contribution in [1.82, 2.24) is 4.90 Å². The quantitative estimate of drug-likeness (QED) is 0.563. The van der Waals surface area contributed by atoms with Crippen molar-refractivity contribution >= 4 is 0 Å². The average Bonchev–Trinajstić information content (AvgIpc) is 1.63. The maximum atomic E-state index is 11.5. The number of alkyl halides is 2. The minimum atomic E-state index is -2.27. The molecule has 0 fully saturated rings. The van der Waals surface area contributed by atoms with Crippen LogP contribution in [0, 0.1) is 6.54 Å². The molecule has 0 atom stereocenters. The van der Waals surface area contributed by atoms with Crippen LogP contribution in [0.2, 0.25) is 0 Å². The van der Waals surface area contributed by atoms with Crippen LogP contribution in [0.1, 0.15) is 0 Å². The van der Waals surface area contributed by atoms with Crippen LogP contribution in [0.25, 0.3) is 0 Å². The minimum Gasteiger partial charge on any atom is -0.292 e. The molecule has 0 aliphatic carbocycles. The summed E-state index contributed by atoms with van der Waals surface area (Å²) in [7, 11) is 1.58. The molecule has 0 amide bonds. The largest absolute Gasteiger partial charge is 0.292 e. The predicted octanol–water partition coefficient (Wildman–Crippen LogP) is 1.53. The van der Waals surface area contributed by atoms with Gasteiger partial charge in [-0.25, -0.2) is 8.78 Å². The molecule has 0 N–H and O–H groups in total. The van der Waals surface area contributed by atoms with Crippen LogP contribution in [0.4, 0.5) is 8.78 Å². The summed E-state index contributed by atoms with van der Waals surface area (Å²) in [4.78, 5) is 1.39. The molecule has 0 unspecified atom stereocenters. The van der Waals surface area contributed by atoms with Crippen molar-refractivity contribution in [2.45, 2.75) is 6.43 Å². The van der Waals surface area contributed by atoms with Gasteiger partial charge in [0.15, 0.2) is 0 Å². The summed E-state index contributed by atoms with van der Waals surface area (Å²) in [5.41, 5.74) is 0. The Kier molecular flexibility index (Phi) is 4.22. The molecule has 0 saturated heterocycles. The first kappa shape index (κ1) is 8.56. The Balaban J connectivity index is 3.25. The number of nitrogens with zero attached hydrogens (tertiary/aromatic N) is 1. The van der Waals surface area contributed by atoms with Gasteiger partial charge in [0.2, 0.25) is 0 Å². The van der Waals surface area contributed by atoms with E-state index in [0.717, 1.165) is 0 Å². The third-order valence-electron chi connectivity index (χ3n) is 0.786. The molecule has 0 spiro atoms. The molecular weight excluding hydrogens is 124 g/mol. The molecule has 0 heterocycles. The van der Waals surface area contributed by atoms with Crippen LogP contribution in [0.5, 0.6) is 0 Å². The highest BCUT2D eigenvalue weighted by Crippen LogP contribution is 1.96. The SMILES string of the molecule is C=C[CH]N(C)CC(F)F. The first-order valence-corrected chi connectivity index (χ1v) is 2.61. The maximum absolute atomic E-state index is 11.5. The fourth-order valence-electron chi connectivity index (χ4n) is 0.458. The minimum absolute atomic E-state index is 0.230. The lowest BCUT2D eigenvalue weighted by Gasteiger charge is -2.11. The van der Waals surface area contributed by atoms with E-state index in [0.29, 0.717) is 0 Å². The number of likely N-dealkylation sites (N-methyl/N-ethyl adjacent to an activating group) is 1. The van der Waals surface area contributed by atoms with Gasteiger partial charge in [0, 0.05) is 6.54 Å². The van der Waals surface area contributed by atoms with E-state index in [1.54, 1.807) is 7.05 Å². The van der Waals surface area contributed by atoms with E-state index in [4.69, 9.17) is 0 Å². The van der Waals surface area contributed by atoms with Gasteiger partial charge >= 0.3 is 0 Å². The Morgan fingerprint density at radius 2 is 2.22 bits per heavy atom. The van der Waals surface area contributed by atoms with Crippen molar-refractivity contribution in [3.63, 3.8) is 0 Å². The number of hydrogen-bond donors (Lipinski definition) is 0. The molecule has 1 radical (unpaired) electrons. The van der Waals surface area contributed by atoms with E-state index in [1.807, 2.05) is 0 Å². The summed E-state index contributed by atoms with van der Waals surface area (Å²) >= 11 is 0. The van der Waals surface area contributed by atoms with Gasteiger partial charge in [-0.3, -0.25) is 4.90 Å². The van der Waals surface area contributed by atoms with E-state index in [-0.39, 0.29) is 6.54 Å². The van der Waals surface area contributed by atoms with Crippen LogP contribution in [-0.2, 0) is 0 Å². The maximum Gasteiger partial charge on any atom is 0.251 e. The Morgan fingerprint density at radius 3 is 2.56 bits per heavy atom. The zero-order valence-corrected chi connectivity index (χ0v) is 5.35. The molecule has 1 nitrogen and oxygen atoms in total. The fraction of sp³-hybridized carbons (Fsp3) is 0.500. The first-order chi connectivity index (χ1) is 4.16. The highest BCUT2D eigenvalue weighted by molar-refractivity contribution is 4.84. The van der Waals surface area contributed by atoms with E-state index >= 15 is 0 Å². The molecule has 0 rings (SSSR count). The van der Waals surface area contributed by atoms with Crippen molar-refractivity contribution < 1.29 is 8.78 Å². The van der Waals surface area contributed by atoms with Crippen molar-refractivity contribution in [1.29, 1.82) is 0 Å². The molecule has 0 aromatic heterocycles. The summed E-state index contributed by atoms with van der Waals surface area (Å²) < 4.78 is 23.0. The first-order valence-electron chi connectivity index (χ1n) is 2.61. The molecule has 0 bridgehead atoms. The van der Waals surface area contributed by atoms with Crippen LogP contribution in [0.15, 0.2) is 12.7 Å². The smallest absolute Gasteiger partial charge is 0.251 e. The molecule has 0 aliphatic rings. The monoisotopic (exact) mass is 134 g/mol. The summed E-state index contributed by atoms with van der Waals surface area (Å²) in [6, 6.07) is 0. The van der Waals surface area contributed by atoms with Crippen molar-refractivity contribution in [3.05, 3.63) is 19.2 Å². The second-order valence-corrected chi connectivity index (χ2v) is 1.72. The summed E-state index contributed by atoms with van der Waals surface area (Å²) in [6.45, 7) is 4.64. The normalized spacial score (nSPS) is 10.8. The highest BCUT2D eigenvalue weighted by Gasteiger charge is 2.04. The lowest BCUT2D eigenvalue weighted by Crippen LogP contribution is -2.20. The third-order valence-corrected chi connectivity index (χ3v) is 0.786. The molecule has 0 aromatic carbocycles. The summed E-state index contributed by atoms with van der Waals surface area (Å²) in [5.74, 6) is 0. The molecule has 9 heavy (non-hydrogen) atoms. The molecule has 0 aromatic rings. The van der Waals surface area contributed by atoms with Crippen molar-refractivity contribution in [3.8, 4) is 0 Å². The van der Waals surface area contributed by atoms with Crippen LogP contribution < -0.4 is 0 Å². The molecular formula is C6H10F2N. The van der Waals surface area contributed by atoms with Gasteiger partial charge in [-0.1, -0.05) is 6.08 Å². The Labute approximate surface area is 54.0 Å². The zero-order valence-electron chi connectivity index (χ0n) is 5.35. The van der Waals surface area contributed by atoms with Crippen LogP contribution in [-0.4, -0.2) is 24.9 Å². The van der Waals surface area contributed by atoms with E-state index in [1.165, 1.54) is 17.5 Å². The second-order valence-electron chi connectivity index (χ2n) is 1.72. The number of hydrogen-bond acceptors (Lipinski definition) is 1. The topological polar surface area (TPSA) is 3.24 Å². The summed E-state index contributed by atoms with van der Waals surface area (Å²) in [6.07, 6.45) is -0.797. The van der Waals surface area contributed by atoms with Crippen molar-refractivity contribution in [2.75, 3.05) is 13.6 Å². The standard InChI is InChI=1S/C6H10F2N/c1-3-4-9(2)5-6(7)8/h3-4,6H,1,5H2,2H3. The van der Waals surface area contributed by atoms with E-state index in [9.17, 15) is 8.78 Å². The average molecular weight is 134 g/mol. The van der Waals surface area contributed by atoms with E-state index < -0.39 is 6.43 Å². The lowest BCUT2D eigenvalue weighted by atomic mass is 10.5. The van der Waals surface area contributed by atoms with Gasteiger partial charge < -0.3 is 0 Å². The molecule has 0 saturated carbocycles. The molecule has 0 aliphatic heterocycles. The molecule has 53 valence electrons. The Morgan fingerprint density at radius 1 is 1.67 bits per heavy atom. The molecule has 3 heteroatoms. The predicted molar refractivity (Wildman–Crippen MR) is 33.1 cm³/mol. The van der Waals surface area contributed by atoms with Crippen molar-refractivity contribution in [2.24, 2.45) is 0 Å². The van der Waals surface area contributed by atoms with E-state index in [2.05, 4.69) is 6.58 Å². The van der Waals surface area contributed by atoms with Gasteiger partial charge in [0.1, 0.15) is 0 Å². The lowest BCUT2D eigenvalue weighted by molar-refractivity contribution is 0.113. The Bertz CT molecular complexity index is 83.1. The van der Waals surface area contributed by atoms with Crippen LogP contribution in [0.3, 0.4) is 0 Å². The summed E-state index contributed by atoms with van der Waals surface area (Å²) in [5, 5.41) is 0. The van der Waals surface area contributed by atoms with Gasteiger partial charge in [-0.15, -0.1) is 6.58 Å². The second kappa shape index (κ2) is 4.44. The van der Waals surface area contributed by atoms with Gasteiger partial charge in [0.25, 0.3) is 6.43 Å². The van der Waals surface area contributed by atoms with Gasteiger partial charge in [0.05, 0.1) is 6.54 Å². The van der Waals surface area contributed by atoms with Gasteiger partial charge in [-0.2, -0.15) is 0 Å². The van der Waals surface area contributed by atoms with Gasteiger partial charge in [-0.05, 0) is 7.05 Å². The number of rotatable bonds is 4. The Hall–Kier alpha value is -0.440. The fourth-order valence-corrected chi connectivity index (χ4v) is 0.458. The zero-order chi connectivity index (χ0) is 7.28. The highest BCUT2D eigenvalue weighted by atomic mass is 19.3.